The van der Waals surface area contributed by atoms with E-state index in [1.807, 2.05) is 13.8 Å². The Morgan fingerprint density at radius 3 is 1.62 bits per heavy atom. The molecule has 1 N–H and O–H groups in total. The van der Waals surface area contributed by atoms with Crippen LogP contribution in [0.15, 0.2) is 0 Å². The Kier molecular flexibility index (Phi) is 19.3. The first-order chi connectivity index (χ1) is 6.93. The molecule has 0 rings (SSSR count). The van der Waals surface area contributed by atoms with Crippen molar-refractivity contribution in [2.75, 3.05) is 0 Å². The molecule has 0 fully saturated rings. The van der Waals surface area contributed by atoms with Gasteiger partial charge in [-0.3, -0.25) is 14.4 Å². The summed E-state index contributed by atoms with van der Waals surface area (Å²) >= 11 is 0. The van der Waals surface area contributed by atoms with Crippen molar-refractivity contribution < 1.29 is 45.7 Å². The standard InChI is InChI=1S/C7H12O2.C4H8O2.Zr/c1-3-4-7(9)5-6(2)8;1-2-3-4(5)6;/h3-5H2,1-2H3;2-3H2,1H3,(H,5,6);. The Balaban J connectivity index is -0.000000214. The van der Waals surface area contributed by atoms with E-state index in [2.05, 4.69) is 0 Å². The van der Waals surface area contributed by atoms with E-state index >= 15 is 0 Å². The molecule has 0 saturated heterocycles. The van der Waals surface area contributed by atoms with E-state index in [-0.39, 0.29) is 44.2 Å². The minimum absolute atomic E-state index is 0. The topological polar surface area (TPSA) is 71.4 Å². The molecule has 0 aromatic carbocycles. The summed E-state index contributed by atoms with van der Waals surface area (Å²) in [7, 11) is 0. The summed E-state index contributed by atoms with van der Waals surface area (Å²) in [6, 6.07) is 0. The number of hydrogen-bond donors (Lipinski definition) is 1. The van der Waals surface area contributed by atoms with Crippen molar-refractivity contribution >= 4 is 17.5 Å². The van der Waals surface area contributed by atoms with E-state index in [9.17, 15) is 14.4 Å². The SMILES string of the molecule is CCCC(=O)CC(C)=O.CCCC(=O)O.[Zr]. The maximum absolute atomic E-state index is 10.6. The average molecular weight is 308 g/mol. The van der Waals surface area contributed by atoms with Crippen LogP contribution in [0, 0.1) is 0 Å². The van der Waals surface area contributed by atoms with Gasteiger partial charge in [0.15, 0.2) is 0 Å². The molecule has 0 aliphatic carbocycles. The molecular weight excluding hydrogens is 287 g/mol. The molecule has 0 bridgehead atoms. The molecular formula is C11H20O4Zr. The summed E-state index contributed by atoms with van der Waals surface area (Å²) in [5.41, 5.74) is 0. The zero-order valence-corrected chi connectivity index (χ0v) is 12.7. The molecule has 0 aliphatic heterocycles. The van der Waals surface area contributed by atoms with Crippen molar-refractivity contribution in [2.24, 2.45) is 0 Å². The molecule has 0 radical (unpaired) electrons. The number of ketones is 2. The maximum Gasteiger partial charge on any atom is 0.303 e. The second kappa shape index (κ2) is 14.7. The molecule has 0 atom stereocenters. The van der Waals surface area contributed by atoms with Crippen LogP contribution in [0.25, 0.3) is 0 Å². The number of aliphatic carboxylic acids is 1. The van der Waals surface area contributed by atoms with Gasteiger partial charge < -0.3 is 5.11 Å². The van der Waals surface area contributed by atoms with Gasteiger partial charge in [0, 0.05) is 39.0 Å². The summed E-state index contributed by atoms with van der Waals surface area (Å²) in [6.07, 6.45) is 2.52. The quantitative estimate of drug-likeness (QED) is 0.764. The van der Waals surface area contributed by atoms with E-state index in [0.29, 0.717) is 12.8 Å². The number of Topliss-reactive ketones (excluding diaryl/α,β-unsaturated/α-hetero) is 2. The molecule has 0 aromatic rings. The van der Waals surface area contributed by atoms with E-state index in [0.717, 1.165) is 12.8 Å². The Morgan fingerprint density at radius 1 is 1.00 bits per heavy atom. The van der Waals surface area contributed by atoms with E-state index < -0.39 is 5.97 Å². The van der Waals surface area contributed by atoms with E-state index in [4.69, 9.17) is 5.11 Å². The molecule has 0 saturated carbocycles. The number of carboxylic acids is 1. The summed E-state index contributed by atoms with van der Waals surface area (Å²) in [4.78, 5) is 30.5. The summed E-state index contributed by atoms with van der Waals surface area (Å²) in [5.74, 6) is -0.684. The first kappa shape index (κ1) is 21.0. The minimum Gasteiger partial charge on any atom is -0.481 e. The largest absolute Gasteiger partial charge is 0.481 e. The Morgan fingerprint density at radius 2 is 1.44 bits per heavy atom. The third kappa shape index (κ3) is 23.5. The third-order valence-corrected chi connectivity index (χ3v) is 1.44. The van der Waals surface area contributed by atoms with Crippen LogP contribution in [0.2, 0.25) is 0 Å². The molecule has 16 heavy (non-hydrogen) atoms. The first-order valence-corrected chi connectivity index (χ1v) is 5.16. The van der Waals surface area contributed by atoms with Gasteiger partial charge in [0.2, 0.25) is 0 Å². The van der Waals surface area contributed by atoms with Crippen LogP contribution in [0.4, 0.5) is 0 Å². The van der Waals surface area contributed by atoms with Crippen molar-refractivity contribution in [1.82, 2.24) is 0 Å². The number of carboxylic acid groups (broad SMARTS) is 1. The van der Waals surface area contributed by atoms with Gasteiger partial charge in [0.25, 0.3) is 0 Å². The van der Waals surface area contributed by atoms with Crippen molar-refractivity contribution in [2.45, 2.75) is 52.9 Å². The van der Waals surface area contributed by atoms with Gasteiger partial charge in [-0.2, -0.15) is 0 Å². The minimum atomic E-state index is -0.711. The monoisotopic (exact) mass is 306 g/mol. The Labute approximate surface area is 116 Å². The molecule has 4 nitrogen and oxygen atoms in total. The van der Waals surface area contributed by atoms with E-state index in [1.54, 1.807) is 0 Å². The fourth-order valence-electron chi connectivity index (χ4n) is 0.859. The molecule has 92 valence electrons. The predicted molar refractivity (Wildman–Crippen MR) is 57.8 cm³/mol. The van der Waals surface area contributed by atoms with Gasteiger partial charge in [-0.25, -0.2) is 0 Å². The van der Waals surface area contributed by atoms with Gasteiger partial charge in [0.1, 0.15) is 11.6 Å². The van der Waals surface area contributed by atoms with Crippen LogP contribution in [-0.2, 0) is 40.6 Å². The van der Waals surface area contributed by atoms with E-state index in [1.165, 1.54) is 6.92 Å². The van der Waals surface area contributed by atoms with Crippen molar-refractivity contribution in [3.05, 3.63) is 0 Å². The summed E-state index contributed by atoms with van der Waals surface area (Å²) in [6.45, 7) is 5.21. The smallest absolute Gasteiger partial charge is 0.303 e. The summed E-state index contributed by atoms with van der Waals surface area (Å²) < 4.78 is 0. The maximum atomic E-state index is 10.6. The molecule has 0 unspecified atom stereocenters. The van der Waals surface area contributed by atoms with Crippen LogP contribution >= 0.6 is 0 Å². The van der Waals surface area contributed by atoms with Gasteiger partial charge in [-0.1, -0.05) is 13.8 Å². The van der Waals surface area contributed by atoms with Gasteiger partial charge >= 0.3 is 5.97 Å². The number of carbonyl (C=O) groups excluding carboxylic acids is 2. The van der Waals surface area contributed by atoms with Gasteiger partial charge in [0.05, 0.1) is 6.42 Å². The normalized spacial score (nSPS) is 8.19. The van der Waals surface area contributed by atoms with Crippen LogP contribution in [-0.4, -0.2) is 22.6 Å². The number of hydrogen-bond acceptors (Lipinski definition) is 3. The Hall–Kier alpha value is -0.307. The van der Waals surface area contributed by atoms with Crippen molar-refractivity contribution in [3.63, 3.8) is 0 Å². The number of rotatable bonds is 6. The van der Waals surface area contributed by atoms with Crippen LogP contribution in [0.5, 0.6) is 0 Å². The molecule has 0 amide bonds. The third-order valence-electron chi connectivity index (χ3n) is 1.44. The van der Waals surface area contributed by atoms with Crippen LogP contribution < -0.4 is 0 Å². The zero-order chi connectivity index (χ0) is 12.3. The van der Waals surface area contributed by atoms with Crippen molar-refractivity contribution in [3.8, 4) is 0 Å². The Bertz CT molecular complexity index is 214. The fourth-order valence-corrected chi connectivity index (χ4v) is 0.859. The number of carbonyl (C=O) groups is 3. The first-order valence-electron chi connectivity index (χ1n) is 5.16. The van der Waals surface area contributed by atoms with Crippen LogP contribution in [0.1, 0.15) is 52.9 Å². The molecule has 0 aliphatic rings. The second-order valence-electron chi connectivity index (χ2n) is 3.31. The van der Waals surface area contributed by atoms with Crippen LogP contribution in [0.3, 0.4) is 0 Å². The molecule has 5 heteroatoms. The fraction of sp³-hybridized carbons (Fsp3) is 0.727. The predicted octanol–water partition coefficient (Wildman–Crippen LogP) is 2.20. The van der Waals surface area contributed by atoms with Gasteiger partial charge in [-0.05, 0) is 19.8 Å². The summed E-state index contributed by atoms with van der Waals surface area (Å²) in [5, 5.41) is 7.91. The average Bonchev–Trinajstić information content (AvgIpc) is 2.03. The van der Waals surface area contributed by atoms with Crippen molar-refractivity contribution in [1.29, 1.82) is 0 Å². The molecule has 0 aromatic heterocycles. The molecule has 0 heterocycles. The van der Waals surface area contributed by atoms with Gasteiger partial charge in [-0.15, -0.1) is 0 Å². The zero-order valence-electron chi connectivity index (χ0n) is 10.2. The molecule has 0 spiro atoms. The second-order valence-corrected chi connectivity index (χ2v) is 3.31.